The highest BCUT2D eigenvalue weighted by Gasteiger charge is 2.29. The van der Waals surface area contributed by atoms with Gasteiger partial charge in [-0.05, 0) is 37.1 Å². The van der Waals surface area contributed by atoms with Crippen molar-refractivity contribution in [3.8, 4) is 17.1 Å². The predicted octanol–water partition coefficient (Wildman–Crippen LogP) is 2.47. The number of piperidine rings is 1. The standard InChI is InChI=1S/C20H20N4O3/c21-19(25)14-8-10-23(11-9-14)20(26)17-13-16(18-7-4-12-27-18)22-24(17)15-5-2-1-3-6-15/h1-7,12-14H,8-11H2,(H2,21,25). The summed E-state index contributed by atoms with van der Waals surface area (Å²) >= 11 is 0. The Hall–Kier alpha value is -3.35. The Bertz CT molecular complexity index is 939. The summed E-state index contributed by atoms with van der Waals surface area (Å²) in [5, 5.41) is 4.58. The number of rotatable bonds is 4. The van der Waals surface area contributed by atoms with Gasteiger partial charge in [0.15, 0.2) is 5.76 Å². The Balaban J connectivity index is 1.67. The van der Waals surface area contributed by atoms with Gasteiger partial charge < -0.3 is 15.1 Å². The van der Waals surface area contributed by atoms with E-state index in [0.29, 0.717) is 43.1 Å². The van der Waals surface area contributed by atoms with Crippen LogP contribution in [-0.4, -0.2) is 39.6 Å². The van der Waals surface area contributed by atoms with E-state index in [1.165, 1.54) is 0 Å². The van der Waals surface area contributed by atoms with Crippen LogP contribution in [-0.2, 0) is 4.79 Å². The molecule has 138 valence electrons. The van der Waals surface area contributed by atoms with Gasteiger partial charge in [-0.15, -0.1) is 0 Å². The minimum Gasteiger partial charge on any atom is -0.463 e. The molecule has 0 unspecified atom stereocenters. The van der Waals surface area contributed by atoms with Gasteiger partial charge in [0.1, 0.15) is 11.4 Å². The van der Waals surface area contributed by atoms with E-state index >= 15 is 0 Å². The second-order valence-electron chi connectivity index (χ2n) is 6.61. The number of para-hydroxylation sites is 1. The van der Waals surface area contributed by atoms with Gasteiger partial charge in [0.2, 0.25) is 5.91 Å². The zero-order chi connectivity index (χ0) is 18.8. The SMILES string of the molecule is NC(=O)C1CCN(C(=O)c2cc(-c3ccco3)nn2-c2ccccc2)CC1. The van der Waals surface area contributed by atoms with E-state index in [4.69, 9.17) is 10.2 Å². The fourth-order valence-electron chi connectivity index (χ4n) is 3.37. The van der Waals surface area contributed by atoms with Crippen LogP contribution in [0, 0.1) is 5.92 Å². The zero-order valence-corrected chi connectivity index (χ0v) is 14.7. The highest BCUT2D eigenvalue weighted by Crippen LogP contribution is 2.25. The molecule has 27 heavy (non-hydrogen) atoms. The van der Waals surface area contributed by atoms with E-state index < -0.39 is 0 Å². The number of nitrogens with two attached hydrogens (primary N) is 1. The molecule has 4 rings (SSSR count). The van der Waals surface area contributed by atoms with Crippen LogP contribution in [0.2, 0.25) is 0 Å². The Labute approximate surface area is 156 Å². The monoisotopic (exact) mass is 364 g/mol. The van der Waals surface area contributed by atoms with Gasteiger partial charge in [-0.1, -0.05) is 18.2 Å². The van der Waals surface area contributed by atoms with E-state index in [9.17, 15) is 9.59 Å². The van der Waals surface area contributed by atoms with Crippen molar-refractivity contribution in [2.24, 2.45) is 11.7 Å². The molecule has 0 saturated carbocycles. The van der Waals surface area contributed by atoms with E-state index in [1.54, 1.807) is 28.0 Å². The van der Waals surface area contributed by atoms with Crippen molar-refractivity contribution in [3.63, 3.8) is 0 Å². The molecule has 1 aliphatic rings. The van der Waals surface area contributed by atoms with Crippen molar-refractivity contribution in [2.45, 2.75) is 12.8 Å². The summed E-state index contributed by atoms with van der Waals surface area (Å²) in [6.45, 7) is 1.00. The predicted molar refractivity (Wildman–Crippen MR) is 99.1 cm³/mol. The molecule has 0 bridgehead atoms. The number of likely N-dealkylation sites (tertiary alicyclic amines) is 1. The normalized spacial score (nSPS) is 15.0. The van der Waals surface area contributed by atoms with Gasteiger partial charge in [0.05, 0.1) is 12.0 Å². The molecule has 1 saturated heterocycles. The summed E-state index contributed by atoms with van der Waals surface area (Å²) in [7, 11) is 0. The minimum absolute atomic E-state index is 0.118. The van der Waals surface area contributed by atoms with Crippen LogP contribution in [0.4, 0.5) is 0 Å². The van der Waals surface area contributed by atoms with E-state index in [2.05, 4.69) is 5.10 Å². The second kappa shape index (κ2) is 7.11. The summed E-state index contributed by atoms with van der Waals surface area (Å²) in [4.78, 5) is 26.3. The summed E-state index contributed by atoms with van der Waals surface area (Å²) in [6, 6.07) is 14.8. The maximum absolute atomic E-state index is 13.2. The van der Waals surface area contributed by atoms with Crippen LogP contribution in [0.5, 0.6) is 0 Å². The summed E-state index contributed by atoms with van der Waals surface area (Å²) < 4.78 is 7.08. The van der Waals surface area contributed by atoms with Crippen molar-refractivity contribution < 1.29 is 14.0 Å². The Morgan fingerprint density at radius 1 is 1.07 bits per heavy atom. The van der Waals surface area contributed by atoms with Crippen LogP contribution in [0.25, 0.3) is 17.1 Å². The summed E-state index contributed by atoms with van der Waals surface area (Å²) in [5.74, 6) is 0.0292. The quantitative estimate of drug-likeness (QED) is 0.769. The average Bonchev–Trinajstić information content (AvgIpc) is 3.38. The molecule has 1 aliphatic heterocycles. The van der Waals surface area contributed by atoms with Crippen LogP contribution < -0.4 is 5.73 Å². The zero-order valence-electron chi connectivity index (χ0n) is 14.7. The molecule has 1 fully saturated rings. The highest BCUT2D eigenvalue weighted by atomic mass is 16.3. The molecule has 2 amide bonds. The van der Waals surface area contributed by atoms with Gasteiger partial charge in [-0.2, -0.15) is 5.10 Å². The summed E-state index contributed by atoms with van der Waals surface area (Å²) in [5.41, 5.74) is 7.25. The van der Waals surface area contributed by atoms with E-state index in [-0.39, 0.29) is 17.7 Å². The van der Waals surface area contributed by atoms with Crippen molar-refractivity contribution in [3.05, 3.63) is 60.5 Å². The lowest BCUT2D eigenvalue weighted by atomic mass is 9.96. The lowest BCUT2D eigenvalue weighted by Crippen LogP contribution is -2.42. The first kappa shape index (κ1) is 17.1. The highest BCUT2D eigenvalue weighted by molar-refractivity contribution is 5.94. The van der Waals surface area contributed by atoms with Crippen molar-refractivity contribution in [2.75, 3.05) is 13.1 Å². The number of carbonyl (C=O) groups is 2. The number of nitrogens with zero attached hydrogens (tertiary/aromatic N) is 3. The van der Waals surface area contributed by atoms with Crippen molar-refractivity contribution in [1.29, 1.82) is 0 Å². The molecule has 7 heteroatoms. The number of carbonyl (C=O) groups excluding carboxylic acids is 2. The van der Waals surface area contributed by atoms with Gasteiger partial charge in [0.25, 0.3) is 5.91 Å². The van der Waals surface area contributed by atoms with Crippen LogP contribution in [0.15, 0.2) is 59.2 Å². The molecular weight excluding hydrogens is 344 g/mol. The molecule has 3 aromatic rings. The molecule has 7 nitrogen and oxygen atoms in total. The number of hydrogen-bond donors (Lipinski definition) is 1. The number of primary amides is 1. The van der Waals surface area contributed by atoms with Crippen molar-refractivity contribution in [1.82, 2.24) is 14.7 Å². The third kappa shape index (κ3) is 3.36. The molecular formula is C20H20N4O3. The van der Waals surface area contributed by atoms with Crippen molar-refractivity contribution >= 4 is 11.8 Å². The summed E-state index contributed by atoms with van der Waals surface area (Å²) in [6.07, 6.45) is 2.75. The Kier molecular flexibility index (Phi) is 4.50. The van der Waals surface area contributed by atoms with Crippen LogP contribution >= 0.6 is 0 Å². The number of hydrogen-bond acceptors (Lipinski definition) is 4. The number of aromatic nitrogens is 2. The minimum atomic E-state index is -0.295. The van der Waals surface area contributed by atoms with Crippen LogP contribution in [0.1, 0.15) is 23.3 Å². The second-order valence-corrected chi connectivity index (χ2v) is 6.61. The Morgan fingerprint density at radius 3 is 2.44 bits per heavy atom. The van der Waals surface area contributed by atoms with Gasteiger partial charge in [-0.3, -0.25) is 9.59 Å². The number of amides is 2. The Morgan fingerprint density at radius 2 is 1.81 bits per heavy atom. The molecule has 0 aliphatic carbocycles. The molecule has 2 N–H and O–H groups in total. The molecule has 2 aromatic heterocycles. The number of furan rings is 1. The van der Waals surface area contributed by atoms with Gasteiger partial charge in [-0.25, -0.2) is 4.68 Å². The third-order valence-corrected chi connectivity index (χ3v) is 4.89. The van der Waals surface area contributed by atoms with Gasteiger partial charge in [0, 0.05) is 25.1 Å². The topological polar surface area (TPSA) is 94.4 Å². The first-order valence-corrected chi connectivity index (χ1v) is 8.91. The first-order chi connectivity index (χ1) is 13.1. The maximum Gasteiger partial charge on any atom is 0.272 e. The van der Waals surface area contributed by atoms with Crippen LogP contribution in [0.3, 0.4) is 0 Å². The molecule has 0 spiro atoms. The average molecular weight is 364 g/mol. The van der Waals surface area contributed by atoms with E-state index in [1.807, 2.05) is 36.4 Å². The fourth-order valence-corrected chi connectivity index (χ4v) is 3.37. The maximum atomic E-state index is 13.2. The molecule has 0 radical (unpaired) electrons. The third-order valence-electron chi connectivity index (χ3n) is 4.89. The molecule has 3 heterocycles. The van der Waals surface area contributed by atoms with Gasteiger partial charge >= 0.3 is 0 Å². The van der Waals surface area contributed by atoms with E-state index in [0.717, 1.165) is 5.69 Å². The fraction of sp³-hybridized carbons (Fsp3) is 0.250. The lowest BCUT2D eigenvalue weighted by molar-refractivity contribution is -0.123. The largest absolute Gasteiger partial charge is 0.463 e. The lowest BCUT2D eigenvalue weighted by Gasteiger charge is -2.30. The molecule has 0 atom stereocenters. The first-order valence-electron chi connectivity index (χ1n) is 8.91. The smallest absolute Gasteiger partial charge is 0.272 e. The molecule has 1 aromatic carbocycles. The number of benzene rings is 1.